The molecular weight excluding hydrogens is 317 g/mol. The molecule has 2 aromatic carbocycles. The maximum absolute atomic E-state index is 12.8. The first kappa shape index (κ1) is 16.5. The van der Waals surface area contributed by atoms with Crippen molar-refractivity contribution < 1.29 is 18.0 Å². The van der Waals surface area contributed by atoms with Gasteiger partial charge in [-0.2, -0.15) is 13.2 Å². The van der Waals surface area contributed by atoms with Gasteiger partial charge in [0, 0.05) is 31.7 Å². The van der Waals surface area contributed by atoms with E-state index in [0.29, 0.717) is 29.8 Å². The topological polar surface area (TPSA) is 32.3 Å². The summed E-state index contributed by atoms with van der Waals surface area (Å²) in [5.74, 6) is -0.0490. The number of halogens is 3. The number of benzene rings is 2. The van der Waals surface area contributed by atoms with Crippen molar-refractivity contribution in [3.8, 4) is 11.1 Å². The number of carbonyl (C=O) groups is 1. The minimum atomic E-state index is -4.37. The molecule has 3 rings (SSSR count). The highest BCUT2D eigenvalue weighted by molar-refractivity contribution is 5.94. The van der Waals surface area contributed by atoms with E-state index in [0.717, 1.165) is 25.2 Å². The predicted octanol–water partition coefficient (Wildman–Crippen LogP) is 3.42. The Balaban J connectivity index is 1.81. The van der Waals surface area contributed by atoms with E-state index in [9.17, 15) is 18.0 Å². The van der Waals surface area contributed by atoms with Crippen molar-refractivity contribution in [2.45, 2.75) is 6.18 Å². The quantitative estimate of drug-likeness (QED) is 0.913. The third-order valence-electron chi connectivity index (χ3n) is 4.06. The highest BCUT2D eigenvalue weighted by Crippen LogP contribution is 2.32. The van der Waals surface area contributed by atoms with E-state index in [1.807, 2.05) is 0 Å². The maximum Gasteiger partial charge on any atom is 0.416 e. The predicted molar refractivity (Wildman–Crippen MR) is 85.7 cm³/mol. The van der Waals surface area contributed by atoms with Gasteiger partial charge in [0.25, 0.3) is 5.91 Å². The van der Waals surface area contributed by atoms with Crippen LogP contribution in [-0.2, 0) is 6.18 Å². The van der Waals surface area contributed by atoms with E-state index in [2.05, 4.69) is 5.32 Å². The molecule has 0 aliphatic carbocycles. The van der Waals surface area contributed by atoms with Crippen LogP contribution in [0.25, 0.3) is 11.1 Å². The summed E-state index contributed by atoms with van der Waals surface area (Å²) < 4.78 is 38.4. The molecule has 1 saturated heterocycles. The zero-order valence-electron chi connectivity index (χ0n) is 12.9. The van der Waals surface area contributed by atoms with Crippen molar-refractivity contribution in [3.05, 3.63) is 59.7 Å². The zero-order valence-corrected chi connectivity index (χ0v) is 12.9. The Kier molecular flexibility index (Phi) is 4.57. The monoisotopic (exact) mass is 334 g/mol. The summed E-state index contributed by atoms with van der Waals surface area (Å²) in [5.41, 5.74) is 0.998. The maximum atomic E-state index is 12.8. The SMILES string of the molecule is O=C(c1ccc(-c2cccc(C(F)(F)F)c2)cc1)N1CCNCC1. The Morgan fingerprint density at radius 1 is 0.958 bits per heavy atom. The molecule has 2 aromatic rings. The number of rotatable bonds is 2. The van der Waals surface area contributed by atoms with Crippen molar-refractivity contribution in [2.75, 3.05) is 26.2 Å². The molecule has 1 aliphatic heterocycles. The van der Waals surface area contributed by atoms with Crippen molar-refractivity contribution in [1.29, 1.82) is 0 Å². The third kappa shape index (κ3) is 3.59. The van der Waals surface area contributed by atoms with E-state index >= 15 is 0 Å². The lowest BCUT2D eigenvalue weighted by Crippen LogP contribution is -2.46. The molecule has 0 bridgehead atoms. The Morgan fingerprint density at radius 3 is 2.25 bits per heavy atom. The van der Waals surface area contributed by atoms with Crippen LogP contribution in [0.15, 0.2) is 48.5 Å². The van der Waals surface area contributed by atoms with Crippen LogP contribution < -0.4 is 5.32 Å². The summed E-state index contributed by atoms with van der Waals surface area (Å²) in [6, 6.07) is 11.9. The fourth-order valence-corrected chi connectivity index (χ4v) is 2.73. The molecule has 0 radical (unpaired) electrons. The molecule has 0 atom stereocenters. The van der Waals surface area contributed by atoms with Gasteiger partial charge in [-0.3, -0.25) is 4.79 Å². The number of alkyl halides is 3. The Morgan fingerprint density at radius 2 is 1.62 bits per heavy atom. The second kappa shape index (κ2) is 6.65. The zero-order chi connectivity index (χ0) is 17.2. The first-order valence-corrected chi connectivity index (χ1v) is 7.73. The van der Waals surface area contributed by atoms with E-state index in [1.54, 1.807) is 35.2 Å². The molecule has 1 heterocycles. The molecule has 1 N–H and O–H groups in total. The number of piperazine rings is 1. The second-order valence-corrected chi connectivity index (χ2v) is 5.70. The van der Waals surface area contributed by atoms with Gasteiger partial charge >= 0.3 is 6.18 Å². The highest BCUT2D eigenvalue weighted by Gasteiger charge is 2.30. The number of carbonyl (C=O) groups excluding carboxylic acids is 1. The van der Waals surface area contributed by atoms with Crippen LogP contribution in [0.5, 0.6) is 0 Å². The summed E-state index contributed by atoms with van der Waals surface area (Å²) in [6.07, 6.45) is -4.37. The van der Waals surface area contributed by atoms with E-state index < -0.39 is 11.7 Å². The van der Waals surface area contributed by atoms with Crippen molar-refractivity contribution in [3.63, 3.8) is 0 Å². The number of nitrogens with one attached hydrogen (secondary N) is 1. The van der Waals surface area contributed by atoms with Crippen LogP contribution in [0.2, 0.25) is 0 Å². The minimum Gasteiger partial charge on any atom is -0.336 e. The summed E-state index contributed by atoms with van der Waals surface area (Å²) in [4.78, 5) is 14.2. The molecule has 24 heavy (non-hydrogen) atoms. The van der Waals surface area contributed by atoms with E-state index in [1.165, 1.54) is 6.07 Å². The summed E-state index contributed by atoms with van der Waals surface area (Å²) in [5, 5.41) is 3.18. The van der Waals surface area contributed by atoms with Crippen molar-refractivity contribution >= 4 is 5.91 Å². The first-order chi connectivity index (χ1) is 11.4. The number of hydrogen-bond donors (Lipinski definition) is 1. The molecule has 0 spiro atoms. The first-order valence-electron chi connectivity index (χ1n) is 7.73. The largest absolute Gasteiger partial charge is 0.416 e. The Labute approximate surface area is 138 Å². The van der Waals surface area contributed by atoms with Crippen LogP contribution in [0.1, 0.15) is 15.9 Å². The molecular formula is C18H17F3N2O. The van der Waals surface area contributed by atoms with Crippen LogP contribution in [-0.4, -0.2) is 37.0 Å². The lowest BCUT2D eigenvalue weighted by Gasteiger charge is -2.27. The lowest BCUT2D eigenvalue weighted by atomic mass is 10.0. The number of nitrogens with zero attached hydrogens (tertiary/aromatic N) is 1. The van der Waals surface area contributed by atoms with Gasteiger partial charge in [-0.25, -0.2) is 0 Å². The average molecular weight is 334 g/mol. The van der Waals surface area contributed by atoms with Gasteiger partial charge in [0.1, 0.15) is 0 Å². The highest BCUT2D eigenvalue weighted by atomic mass is 19.4. The van der Waals surface area contributed by atoms with Crippen LogP contribution >= 0.6 is 0 Å². The summed E-state index contributed by atoms with van der Waals surface area (Å²) >= 11 is 0. The van der Waals surface area contributed by atoms with E-state index in [4.69, 9.17) is 0 Å². The number of hydrogen-bond acceptors (Lipinski definition) is 2. The number of amides is 1. The fourth-order valence-electron chi connectivity index (χ4n) is 2.73. The molecule has 0 unspecified atom stereocenters. The standard InChI is InChI=1S/C18H17F3N2O/c19-18(20,21)16-3-1-2-15(12-16)13-4-6-14(7-5-13)17(24)23-10-8-22-9-11-23/h1-7,12,22H,8-11H2. The molecule has 126 valence electrons. The minimum absolute atomic E-state index is 0.0490. The average Bonchev–Trinajstić information content (AvgIpc) is 2.61. The Bertz CT molecular complexity index is 720. The molecule has 1 fully saturated rings. The lowest BCUT2D eigenvalue weighted by molar-refractivity contribution is -0.137. The fraction of sp³-hybridized carbons (Fsp3) is 0.278. The van der Waals surface area contributed by atoms with Gasteiger partial charge in [-0.1, -0.05) is 24.3 Å². The van der Waals surface area contributed by atoms with Gasteiger partial charge in [0.05, 0.1) is 5.56 Å². The summed E-state index contributed by atoms with van der Waals surface area (Å²) in [6.45, 7) is 2.87. The molecule has 3 nitrogen and oxygen atoms in total. The van der Waals surface area contributed by atoms with Crippen LogP contribution in [0.4, 0.5) is 13.2 Å². The molecule has 1 amide bonds. The second-order valence-electron chi connectivity index (χ2n) is 5.70. The molecule has 0 saturated carbocycles. The molecule has 1 aliphatic rings. The third-order valence-corrected chi connectivity index (χ3v) is 4.06. The molecule has 6 heteroatoms. The van der Waals surface area contributed by atoms with Crippen molar-refractivity contribution in [2.24, 2.45) is 0 Å². The van der Waals surface area contributed by atoms with Gasteiger partial charge in [0.2, 0.25) is 0 Å². The van der Waals surface area contributed by atoms with Crippen molar-refractivity contribution in [1.82, 2.24) is 10.2 Å². The van der Waals surface area contributed by atoms with Gasteiger partial charge < -0.3 is 10.2 Å². The van der Waals surface area contributed by atoms with Gasteiger partial charge in [0.15, 0.2) is 0 Å². The van der Waals surface area contributed by atoms with Crippen LogP contribution in [0, 0.1) is 0 Å². The summed E-state index contributed by atoms with van der Waals surface area (Å²) in [7, 11) is 0. The van der Waals surface area contributed by atoms with Gasteiger partial charge in [-0.15, -0.1) is 0 Å². The normalized spacial score (nSPS) is 15.4. The van der Waals surface area contributed by atoms with Gasteiger partial charge in [-0.05, 0) is 35.4 Å². The molecule has 0 aromatic heterocycles. The van der Waals surface area contributed by atoms with E-state index in [-0.39, 0.29) is 5.91 Å². The van der Waals surface area contributed by atoms with Crippen LogP contribution in [0.3, 0.4) is 0 Å². The Hall–Kier alpha value is -2.34. The smallest absolute Gasteiger partial charge is 0.336 e.